The quantitative estimate of drug-likeness (QED) is 0.340. The van der Waals surface area contributed by atoms with Crippen molar-refractivity contribution in [3.05, 3.63) is 35.9 Å². The van der Waals surface area contributed by atoms with Gasteiger partial charge in [-0.05, 0) is 64.2 Å². The van der Waals surface area contributed by atoms with Gasteiger partial charge < -0.3 is 29.4 Å². The first-order chi connectivity index (χ1) is 18.2. The van der Waals surface area contributed by atoms with Crippen LogP contribution in [0.5, 0.6) is 0 Å². The molecule has 1 heterocycles. The minimum Gasteiger partial charge on any atom is -0.444 e. The fourth-order valence-corrected chi connectivity index (χ4v) is 6.49. The molecular formula is C29H43BN2O7. The third-order valence-electron chi connectivity index (χ3n) is 8.74. The molecule has 1 saturated heterocycles. The molecule has 0 spiro atoms. The Kier molecular flexibility index (Phi) is 8.50. The molecule has 4 fully saturated rings. The maximum atomic E-state index is 13.4. The van der Waals surface area contributed by atoms with Gasteiger partial charge in [0.2, 0.25) is 5.91 Å². The molecule has 1 aliphatic heterocycles. The van der Waals surface area contributed by atoms with E-state index in [1.54, 1.807) is 32.9 Å². The van der Waals surface area contributed by atoms with Crippen LogP contribution in [-0.2, 0) is 23.6 Å². The number of Topliss-reactive ketones (excluding diaryl/α,β-unsaturated/α-hetero) is 1. The van der Waals surface area contributed by atoms with Crippen LogP contribution in [0.3, 0.4) is 0 Å². The molecule has 0 unspecified atom stereocenters. The van der Waals surface area contributed by atoms with E-state index in [1.807, 2.05) is 18.2 Å². The average molecular weight is 542 g/mol. The molecule has 10 heteroatoms. The van der Waals surface area contributed by atoms with E-state index in [4.69, 9.17) is 18.8 Å². The third-order valence-corrected chi connectivity index (χ3v) is 8.74. The number of benzene rings is 1. The number of hydrogen-bond donors (Lipinski definition) is 2. The van der Waals surface area contributed by atoms with Gasteiger partial charge in [-0.15, -0.1) is 0 Å². The van der Waals surface area contributed by atoms with Crippen LogP contribution in [0.25, 0.3) is 0 Å². The van der Waals surface area contributed by atoms with Gasteiger partial charge in [-0.25, -0.2) is 4.79 Å². The third kappa shape index (κ3) is 6.33. The summed E-state index contributed by atoms with van der Waals surface area (Å²) in [6.07, 6.45) is 1.74. The Hall–Kier alpha value is -2.43. The first-order valence-electron chi connectivity index (χ1n) is 13.9. The van der Waals surface area contributed by atoms with Crippen LogP contribution < -0.4 is 10.6 Å². The molecular weight excluding hydrogens is 499 g/mol. The molecule has 2 bridgehead atoms. The minimum atomic E-state index is -0.997. The summed E-state index contributed by atoms with van der Waals surface area (Å²) in [5.41, 5.74) is -0.393. The van der Waals surface area contributed by atoms with Crippen molar-refractivity contribution in [3.63, 3.8) is 0 Å². The second kappa shape index (κ2) is 11.2. The summed E-state index contributed by atoms with van der Waals surface area (Å²) < 4.78 is 23.6. The van der Waals surface area contributed by atoms with Crippen molar-refractivity contribution >= 4 is 24.9 Å². The van der Waals surface area contributed by atoms with E-state index in [1.165, 1.54) is 7.11 Å². The first kappa shape index (κ1) is 29.6. The topological polar surface area (TPSA) is 112 Å². The number of rotatable bonds is 10. The highest BCUT2D eigenvalue weighted by Crippen LogP contribution is 2.65. The number of alkyl carbamates (subject to hydrolysis) is 1. The molecule has 5 rings (SSSR count). The van der Waals surface area contributed by atoms with E-state index in [0.29, 0.717) is 23.8 Å². The van der Waals surface area contributed by atoms with Crippen LogP contribution in [0.15, 0.2) is 30.3 Å². The highest BCUT2D eigenvalue weighted by atomic mass is 16.7. The van der Waals surface area contributed by atoms with E-state index >= 15 is 0 Å². The van der Waals surface area contributed by atoms with Crippen LogP contribution >= 0.6 is 0 Å². The van der Waals surface area contributed by atoms with E-state index in [2.05, 4.69) is 31.4 Å². The molecule has 4 aliphatic rings. The van der Waals surface area contributed by atoms with E-state index in [9.17, 15) is 14.4 Å². The SMILES string of the molecule is COC[C@@H](NC(=O)OC(C)(C)C)C(=O)N[C@@H](CCC(=O)c1ccccc1)B1O[C@@H]2C[C@@H]3C[C@@H](C3(C)C)[C@]2(C)O1. The minimum absolute atomic E-state index is 0.0276. The highest BCUT2D eigenvalue weighted by molar-refractivity contribution is 6.48. The van der Waals surface area contributed by atoms with Gasteiger partial charge in [-0.2, -0.15) is 0 Å². The summed E-state index contributed by atoms with van der Waals surface area (Å²) in [4.78, 5) is 38.8. The van der Waals surface area contributed by atoms with Crippen LogP contribution in [0.4, 0.5) is 4.79 Å². The summed E-state index contributed by atoms with van der Waals surface area (Å²) in [6.45, 7) is 11.9. The van der Waals surface area contributed by atoms with Crippen molar-refractivity contribution in [2.75, 3.05) is 13.7 Å². The summed E-state index contributed by atoms with van der Waals surface area (Å²) in [5.74, 6) is -0.152. The Morgan fingerprint density at radius 3 is 2.41 bits per heavy atom. The Balaban J connectivity index is 1.49. The van der Waals surface area contributed by atoms with Gasteiger partial charge in [-0.3, -0.25) is 9.59 Å². The lowest BCUT2D eigenvalue weighted by Crippen LogP contribution is -2.65. The normalized spacial score (nSPS) is 28.5. The number of carbonyl (C=O) groups is 3. The maximum absolute atomic E-state index is 13.4. The summed E-state index contributed by atoms with van der Waals surface area (Å²) in [6, 6.07) is 8.08. The number of methoxy groups -OCH3 is 1. The van der Waals surface area contributed by atoms with Gasteiger partial charge in [-0.1, -0.05) is 44.2 Å². The zero-order chi connectivity index (χ0) is 28.6. The largest absolute Gasteiger partial charge is 0.481 e. The molecule has 2 amide bonds. The lowest BCUT2D eigenvalue weighted by atomic mass is 9.43. The molecule has 1 aromatic rings. The summed E-state index contributed by atoms with van der Waals surface area (Å²) >= 11 is 0. The molecule has 1 aromatic carbocycles. The van der Waals surface area contributed by atoms with Crippen molar-refractivity contribution in [2.45, 2.75) is 96.5 Å². The number of nitrogens with one attached hydrogen (secondary N) is 2. The molecule has 214 valence electrons. The number of ketones is 1. The van der Waals surface area contributed by atoms with E-state index in [-0.39, 0.29) is 30.3 Å². The van der Waals surface area contributed by atoms with Crippen molar-refractivity contribution in [1.82, 2.24) is 10.6 Å². The standard InChI is InChI=1S/C29H43BN2O7/c1-27(2,3)37-26(35)31-20(17-36-7)25(34)32-24(14-13-21(33)18-11-9-8-10-12-18)30-38-23-16-19-15-22(28(19,4)5)29(23,6)39-30/h8-12,19-20,22-24H,13-17H2,1-7H3,(H,31,35)(H,32,34)/t19-,20+,22-,23+,24-,29-/m0/s1. The fraction of sp³-hybridized carbons (Fsp3) is 0.690. The van der Waals surface area contributed by atoms with Crippen LogP contribution in [0, 0.1) is 17.3 Å². The Bertz CT molecular complexity index is 1060. The Labute approximate surface area is 232 Å². The monoisotopic (exact) mass is 542 g/mol. The van der Waals surface area contributed by atoms with Gasteiger partial charge in [0.15, 0.2) is 5.78 Å². The van der Waals surface area contributed by atoms with Crippen molar-refractivity contribution < 1.29 is 33.2 Å². The second-order valence-electron chi connectivity index (χ2n) is 12.9. The number of hydrogen-bond acceptors (Lipinski definition) is 7. The zero-order valence-corrected chi connectivity index (χ0v) is 24.2. The average Bonchev–Trinajstić information content (AvgIpc) is 3.22. The summed E-state index contributed by atoms with van der Waals surface area (Å²) in [7, 11) is 0.739. The predicted molar refractivity (Wildman–Crippen MR) is 147 cm³/mol. The number of carbonyl (C=O) groups excluding carboxylic acids is 3. The maximum Gasteiger partial charge on any atom is 0.481 e. The molecule has 0 aromatic heterocycles. The van der Waals surface area contributed by atoms with E-state index in [0.717, 1.165) is 12.8 Å². The van der Waals surface area contributed by atoms with E-state index < -0.39 is 42.3 Å². The van der Waals surface area contributed by atoms with Crippen molar-refractivity contribution in [1.29, 1.82) is 0 Å². The van der Waals surface area contributed by atoms with Gasteiger partial charge in [0.1, 0.15) is 11.6 Å². The highest BCUT2D eigenvalue weighted by Gasteiger charge is 2.68. The van der Waals surface area contributed by atoms with Gasteiger partial charge in [0, 0.05) is 19.1 Å². The number of amides is 2. The number of ether oxygens (including phenoxy) is 2. The van der Waals surface area contributed by atoms with Crippen LogP contribution in [0.2, 0.25) is 0 Å². The smallest absolute Gasteiger partial charge is 0.444 e. The predicted octanol–water partition coefficient (Wildman–Crippen LogP) is 3.94. The van der Waals surface area contributed by atoms with Crippen molar-refractivity contribution in [3.8, 4) is 0 Å². The second-order valence-corrected chi connectivity index (χ2v) is 12.9. The molecule has 39 heavy (non-hydrogen) atoms. The zero-order valence-electron chi connectivity index (χ0n) is 24.2. The molecule has 9 nitrogen and oxygen atoms in total. The molecule has 6 atom stereocenters. The molecule has 2 N–H and O–H groups in total. The Morgan fingerprint density at radius 2 is 1.79 bits per heavy atom. The van der Waals surface area contributed by atoms with Crippen LogP contribution in [0.1, 0.15) is 77.6 Å². The Morgan fingerprint density at radius 1 is 1.10 bits per heavy atom. The van der Waals surface area contributed by atoms with Crippen LogP contribution in [-0.4, -0.2) is 67.9 Å². The molecule has 3 saturated carbocycles. The summed E-state index contributed by atoms with van der Waals surface area (Å²) in [5, 5.41) is 5.60. The van der Waals surface area contributed by atoms with Gasteiger partial charge in [0.25, 0.3) is 0 Å². The van der Waals surface area contributed by atoms with Gasteiger partial charge >= 0.3 is 13.2 Å². The molecule has 0 radical (unpaired) electrons. The first-order valence-corrected chi connectivity index (χ1v) is 13.9. The fourth-order valence-electron chi connectivity index (χ4n) is 6.49. The van der Waals surface area contributed by atoms with Crippen molar-refractivity contribution in [2.24, 2.45) is 17.3 Å². The van der Waals surface area contributed by atoms with Gasteiger partial charge in [0.05, 0.1) is 24.3 Å². The lowest BCUT2D eigenvalue weighted by Gasteiger charge is -2.64. The lowest BCUT2D eigenvalue weighted by molar-refractivity contribution is -0.199. The molecule has 3 aliphatic carbocycles.